The van der Waals surface area contributed by atoms with Gasteiger partial charge in [-0.25, -0.2) is 0 Å². The molecule has 15 heavy (non-hydrogen) atoms. The standard InChI is InChI=1S/C12H15NOS/c1-12(14,8-13)6-9-7-15-11-5-3-2-4-10(9)11/h2-5,7,14H,6,8,13H2,1H3. The minimum atomic E-state index is -0.802. The normalized spacial score (nSPS) is 15.4. The van der Waals surface area contributed by atoms with Gasteiger partial charge in [-0.2, -0.15) is 0 Å². The number of thiophene rings is 1. The van der Waals surface area contributed by atoms with Gasteiger partial charge in [-0.15, -0.1) is 11.3 Å². The second-order valence-corrected chi connectivity index (χ2v) is 5.05. The second kappa shape index (κ2) is 3.93. The first-order valence-corrected chi connectivity index (χ1v) is 5.88. The molecule has 0 fully saturated rings. The second-order valence-electron chi connectivity index (χ2n) is 4.13. The molecule has 1 aromatic carbocycles. The smallest absolute Gasteiger partial charge is 0.0782 e. The van der Waals surface area contributed by atoms with Crippen molar-refractivity contribution in [1.82, 2.24) is 0 Å². The van der Waals surface area contributed by atoms with Gasteiger partial charge >= 0.3 is 0 Å². The maximum Gasteiger partial charge on any atom is 0.0782 e. The van der Waals surface area contributed by atoms with Crippen molar-refractivity contribution in [2.75, 3.05) is 6.54 Å². The van der Waals surface area contributed by atoms with E-state index >= 15 is 0 Å². The molecule has 0 saturated carbocycles. The molecule has 1 aromatic heterocycles. The fraction of sp³-hybridized carbons (Fsp3) is 0.333. The first-order chi connectivity index (χ1) is 7.12. The molecular formula is C12H15NOS. The Morgan fingerprint density at radius 3 is 2.87 bits per heavy atom. The van der Waals surface area contributed by atoms with E-state index in [0.717, 1.165) is 0 Å². The van der Waals surface area contributed by atoms with Gasteiger partial charge in [0.1, 0.15) is 0 Å². The Hall–Kier alpha value is -0.900. The highest BCUT2D eigenvalue weighted by molar-refractivity contribution is 7.17. The van der Waals surface area contributed by atoms with Gasteiger partial charge < -0.3 is 10.8 Å². The van der Waals surface area contributed by atoms with Crippen LogP contribution in [0.2, 0.25) is 0 Å². The van der Waals surface area contributed by atoms with Crippen molar-refractivity contribution in [2.45, 2.75) is 18.9 Å². The Kier molecular flexibility index (Phi) is 2.78. The number of aliphatic hydroxyl groups is 1. The highest BCUT2D eigenvalue weighted by Crippen LogP contribution is 2.28. The van der Waals surface area contributed by atoms with Crippen LogP contribution in [0.15, 0.2) is 29.6 Å². The quantitative estimate of drug-likeness (QED) is 0.834. The number of hydrogen-bond acceptors (Lipinski definition) is 3. The van der Waals surface area contributed by atoms with Crippen molar-refractivity contribution >= 4 is 21.4 Å². The first-order valence-electron chi connectivity index (χ1n) is 5.00. The molecule has 0 spiro atoms. The largest absolute Gasteiger partial charge is 0.389 e. The number of fused-ring (bicyclic) bond motifs is 1. The van der Waals surface area contributed by atoms with Gasteiger partial charge in [0, 0.05) is 17.7 Å². The molecule has 2 nitrogen and oxygen atoms in total. The van der Waals surface area contributed by atoms with Crippen LogP contribution in [0.4, 0.5) is 0 Å². The zero-order valence-electron chi connectivity index (χ0n) is 8.73. The van der Waals surface area contributed by atoms with Crippen LogP contribution >= 0.6 is 11.3 Å². The minimum absolute atomic E-state index is 0.289. The maximum atomic E-state index is 9.93. The van der Waals surface area contributed by atoms with E-state index in [2.05, 4.69) is 17.5 Å². The fourth-order valence-corrected chi connectivity index (χ4v) is 2.61. The predicted molar refractivity (Wildman–Crippen MR) is 65.2 cm³/mol. The molecule has 1 unspecified atom stereocenters. The molecule has 0 saturated heterocycles. The lowest BCUT2D eigenvalue weighted by Gasteiger charge is -2.20. The third-order valence-electron chi connectivity index (χ3n) is 2.57. The summed E-state index contributed by atoms with van der Waals surface area (Å²) in [6.07, 6.45) is 0.619. The fourth-order valence-electron chi connectivity index (χ4n) is 1.65. The number of rotatable bonds is 3. The lowest BCUT2D eigenvalue weighted by atomic mass is 9.96. The predicted octanol–water partition coefficient (Wildman–Crippen LogP) is 2.15. The van der Waals surface area contributed by atoms with Crippen LogP contribution in [0.1, 0.15) is 12.5 Å². The van der Waals surface area contributed by atoms with Crippen LogP contribution in [0.25, 0.3) is 10.1 Å². The van der Waals surface area contributed by atoms with Crippen LogP contribution in [0.5, 0.6) is 0 Å². The first kappa shape index (κ1) is 10.6. The van der Waals surface area contributed by atoms with Gasteiger partial charge in [-0.3, -0.25) is 0 Å². The summed E-state index contributed by atoms with van der Waals surface area (Å²) in [7, 11) is 0. The Bertz CT molecular complexity index is 461. The Balaban J connectivity index is 2.37. The van der Waals surface area contributed by atoms with Gasteiger partial charge in [-0.05, 0) is 29.3 Å². The van der Waals surface area contributed by atoms with Crippen LogP contribution < -0.4 is 5.73 Å². The van der Waals surface area contributed by atoms with Gasteiger partial charge in [0.2, 0.25) is 0 Å². The molecule has 3 heteroatoms. The van der Waals surface area contributed by atoms with Gasteiger partial charge in [0.05, 0.1) is 5.60 Å². The average molecular weight is 221 g/mol. The SMILES string of the molecule is CC(O)(CN)Cc1csc2ccccc12. The zero-order valence-corrected chi connectivity index (χ0v) is 9.55. The number of nitrogens with two attached hydrogens (primary N) is 1. The lowest BCUT2D eigenvalue weighted by Crippen LogP contribution is -2.36. The summed E-state index contributed by atoms with van der Waals surface area (Å²) < 4.78 is 1.26. The van der Waals surface area contributed by atoms with Crippen LogP contribution in [0, 0.1) is 0 Å². The van der Waals surface area contributed by atoms with Crippen molar-refractivity contribution in [2.24, 2.45) is 5.73 Å². The van der Waals surface area contributed by atoms with E-state index in [-0.39, 0.29) is 6.54 Å². The minimum Gasteiger partial charge on any atom is -0.389 e. The maximum absolute atomic E-state index is 9.93. The lowest BCUT2D eigenvalue weighted by molar-refractivity contribution is 0.0701. The van der Waals surface area contributed by atoms with E-state index in [1.54, 1.807) is 18.3 Å². The van der Waals surface area contributed by atoms with Crippen molar-refractivity contribution in [1.29, 1.82) is 0 Å². The van der Waals surface area contributed by atoms with Crippen molar-refractivity contribution in [3.8, 4) is 0 Å². The average Bonchev–Trinajstić information content (AvgIpc) is 2.62. The molecule has 0 radical (unpaired) electrons. The molecular weight excluding hydrogens is 206 g/mol. The summed E-state index contributed by atoms with van der Waals surface area (Å²) in [4.78, 5) is 0. The van der Waals surface area contributed by atoms with Gasteiger partial charge in [-0.1, -0.05) is 18.2 Å². The molecule has 80 valence electrons. The van der Waals surface area contributed by atoms with E-state index in [1.165, 1.54) is 15.6 Å². The highest BCUT2D eigenvalue weighted by Gasteiger charge is 2.20. The zero-order chi connectivity index (χ0) is 10.9. The molecule has 2 rings (SSSR count). The van der Waals surface area contributed by atoms with Gasteiger partial charge in [0.25, 0.3) is 0 Å². The third kappa shape index (κ3) is 2.20. The van der Waals surface area contributed by atoms with E-state index in [0.29, 0.717) is 6.42 Å². The molecule has 0 aliphatic carbocycles. The monoisotopic (exact) mass is 221 g/mol. The van der Waals surface area contributed by atoms with E-state index in [9.17, 15) is 5.11 Å². The van der Waals surface area contributed by atoms with E-state index < -0.39 is 5.60 Å². The molecule has 1 atom stereocenters. The Labute approximate surface area is 93.3 Å². The summed E-state index contributed by atoms with van der Waals surface area (Å²) in [6.45, 7) is 2.07. The summed E-state index contributed by atoms with van der Waals surface area (Å²) in [5.41, 5.74) is 5.90. The molecule has 0 amide bonds. The van der Waals surface area contributed by atoms with Crippen LogP contribution in [-0.2, 0) is 6.42 Å². The molecule has 0 bridgehead atoms. The van der Waals surface area contributed by atoms with E-state index in [1.807, 2.05) is 12.1 Å². The molecule has 0 aliphatic heterocycles. The van der Waals surface area contributed by atoms with Crippen molar-refractivity contribution in [3.63, 3.8) is 0 Å². The summed E-state index contributed by atoms with van der Waals surface area (Å²) in [5.74, 6) is 0. The highest BCUT2D eigenvalue weighted by atomic mass is 32.1. The van der Waals surface area contributed by atoms with E-state index in [4.69, 9.17) is 5.73 Å². The number of hydrogen-bond donors (Lipinski definition) is 2. The van der Waals surface area contributed by atoms with Crippen LogP contribution in [0.3, 0.4) is 0 Å². The Morgan fingerprint density at radius 2 is 2.13 bits per heavy atom. The molecule has 3 N–H and O–H groups in total. The summed E-state index contributed by atoms with van der Waals surface area (Å²) in [5, 5.41) is 13.3. The van der Waals surface area contributed by atoms with Crippen molar-refractivity contribution < 1.29 is 5.11 Å². The third-order valence-corrected chi connectivity index (χ3v) is 3.58. The van der Waals surface area contributed by atoms with Crippen LogP contribution in [-0.4, -0.2) is 17.3 Å². The van der Waals surface area contributed by atoms with Gasteiger partial charge in [0.15, 0.2) is 0 Å². The summed E-state index contributed by atoms with van der Waals surface area (Å²) >= 11 is 1.71. The molecule has 1 heterocycles. The molecule has 0 aliphatic rings. The molecule has 2 aromatic rings. The topological polar surface area (TPSA) is 46.2 Å². The van der Waals surface area contributed by atoms with Crippen molar-refractivity contribution in [3.05, 3.63) is 35.2 Å². The number of benzene rings is 1. The summed E-state index contributed by atoms with van der Waals surface area (Å²) in [6, 6.07) is 8.24. The Morgan fingerprint density at radius 1 is 1.40 bits per heavy atom.